The van der Waals surface area contributed by atoms with Gasteiger partial charge in [-0.15, -0.1) is 0 Å². The lowest BCUT2D eigenvalue weighted by atomic mass is 9.77. The number of carboxylic acids is 1. The average Bonchev–Trinajstić information content (AvgIpc) is 2.59. The zero-order valence-electron chi connectivity index (χ0n) is 8.79. The van der Waals surface area contributed by atoms with Crippen LogP contribution in [0.15, 0.2) is 0 Å². The highest BCUT2D eigenvalue weighted by molar-refractivity contribution is 5.65. The largest absolute Gasteiger partial charge is 0.550 e. The molecule has 0 atom stereocenters. The van der Waals surface area contributed by atoms with Crippen molar-refractivity contribution in [3.63, 3.8) is 0 Å². The minimum Gasteiger partial charge on any atom is -0.550 e. The van der Waals surface area contributed by atoms with E-state index in [0.717, 1.165) is 25.7 Å². The van der Waals surface area contributed by atoms with Gasteiger partial charge in [-0.25, -0.2) is 0 Å². The van der Waals surface area contributed by atoms with Gasteiger partial charge in [0.05, 0.1) is 13.2 Å². The molecule has 0 aromatic heterocycles. The summed E-state index contributed by atoms with van der Waals surface area (Å²) >= 11 is 0. The summed E-state index contributed by atoms with van der Waals surface area (Å²) < 4.78 is 11.1. The Morgan fingerprint density at radius 3 is 2.20 bits per heavy atom. The molecule has 1 heterocycles. The summed E-state index contributed by atoms with van der Waals surface area (Å²) in [5, 5.41) is 10.6. The van der Waals surface area contributed by atoms with Gasteiger partial charge in [-0.05, 0) is 0 Å². The van der Waals surface area contributed by atoms with Gasteiger partial charge in [0.1, 0.15) is 5.54 Å². The number of aliphatic carboxylic acids is 1. The third kappa shape index (κ3) is 2.30. The van der Waals surface area contributed by atoms with Gasteiger partial charge < -0.3 is 25.1 Å². The van der Waals surface area contributed by atoms with E-state index >= 15 is 0 Å². The van der Waals surface area contributed by atoms with E-state index in [-0.39, 0.29) is 12.0 Å². The fourth-order valence-electron chi connectivity index (χ4n) is 2.43. The fourth-order valence-corrected chi connectivity index (χ4v) is 2.43. The van der Waals surface area contributed by atoms with E-state index in [1.807, 2.05) is 0 Å². The van der Waals surface area contributed by atoms with Gasteiger partial charge in [-0.2, -0.15) is 0 Å². The molecule has 15 heavy (non-hydrogen) atoms. The molecule has 1 aliphatic heterocycles. The van der Waals surface area contributed by atoms with Crippen LogP contribution in [0.5, 0.6) is 0 Å². The Morgan fingerprint density at radius 1 is 1.20 bits per heavy atom. The smallest absolute Gasteiger partial charge is 0.168 e. The van der Waals surface area contributed by atoms with Crippen LogP contribution in [0.1, 0.15) is 32.1 Å². The van der Waals surface area contributed by atoms with E-state index < -0.39 is 11.8 Å². The summed E-state index contributed by atoms with van der Waals surface area (Å²) in [7, 11) is 0. The number of hydrogen-bond donors (Lipinski definition) is 1. The summed E-state index contributed by atoms with van der Waals surface area (Å²) in [5.41, 5.74) is 3.60. The van der Waals surface area contributed by atoms with E-state index in [9.17, 15) is 9.90 Å². The van der Waals surface area contributed by atoms with Crippen molar-refractivity contribution in [2.75, 3.05) is 13.2 Å². The Kier molecular flexibility index (Phi) is 2.70. The van der Waals surface area contributed by atoms with Gasteiger partial charge in [0.15, 0.2) is 5.79 Å². The van der Waals surface area contributed by atoms with Crippen LogP contribution in [-0.2, 0) is 14.3 Å². The highest BCUT2D eigenvalue weighted by atomic mass is 16.7. The zero-order valence-corrected chi connectivity index (χ0v) is 8.79. The first kappa shape index (κ1) is 10.9. The molecule has 0 amide bonds. The fraction of sp³-hybridized carbons (Fsp3) is 0.900. The molecule has 2 fully saturated rings. The molecule has 86 valence electrons. The lowest BCUT2D eigenvalue weighted by Gasteiger charge is -2.39. The predicted molar refractivity (Wildman–Crippen MR) is 48.3 cm³/mol. The average molecular weight is 215 g/mol. The molecule has 5 heteroatoms. The van der Waals surface area contributed by atoms with E-state index in [1.54, 1.807) is 0 Å². The van der Waals surface area contributed by atoms with Gasteiger partial charge in [0.2, 0.25) is 0 Å². The van der Waals surface area contributed by atoms with Crippen LogP contribution in [0.2, 0.25) is 0 Å². The molecule has 1 aliphatic carbocycles. The summed E-state index contributed by atoms with van der Waals surface area (Å²) in [6.45, 7) is 1.29. The van der Waals surface area contributed by atoms with Crippen LogP contribution < -0.4 is 10.8 Å². The second kappa shape index (κ2) is 3.73. The van der Waals surface area contributed by atoms with Gasteiger partial charge in [0, 0.05) is 38.1 Å². The Labute approximate surface area is 88.5 Å². The normalized spacial score (nSPS) is 28.1. The van der Waals surface area contributed by atoms with Crippen LogP contribution in [0, 0.1) is 0 Å². The third-order valence-corrected chi connectivity index (χ3v) is 3.41. The Balaban J connectivity index is 1.93. The van der Waals surface area contributed by atoms with Crippen LogP contribution in [0.25, 0.3) is 0 Å². The Morgan fingerprint density at radius 2 is 1.73 bits per heavy atom. The first-order chi connectivity index (χ1) is 7.04. The van der Waals surface area contributed by atoms with Gasteiger partial charge in [-0.1, -0.05) is 0 Å². The molecule has 0 radical (unpaired) electrons. The van der Waals surface area contributed by atoms with Crippen LogP contribution in [0.3, 0.4) is 0 Å². The van der Waals surface area contributed by atoms with E-state index in [2.05, 4.69) is 5.73 Å². The molecule has 5 nitrogen and oxygen atoms in total. The SMILES string of the molecule is [NH3+]C1(CC(=O)[O-])CCC2(CC1)OCCO2. The highest BCUT2D eigenvalue weighted by Crippen LogP contribution is 2.39. The van der Waals surface area contributed by atoms with Gasteiger partial charge in [0.25, 0.3) is 0 Å². The van der Waals surface area contributed by atoms with Crippen molar-refractivity contribution >= 4 is 5.97 Å². The van der Waals surface area contributed by atoms with Crippen molar-refractivity contribution < 1.29 is 25.1 Å². The topological polar surface area (TPSA) is 86.2 Å². The Bertz CT molecular complexity index is 250. The van der Waals surface area contributed by atoms with Crippen molar-refractivity contribution in [3.8, 4) is 0 Å². The predicted octanol–water partition coefficient (Wildman–Crippen LogP) is -1.58. The molecule has 1 saturated carbocycles. The third-order valence-electron chi connectivity index (χ3n) is 3.41. The zero-order chi connectivity index (χ0) is 10.9. The lowest BCUT2D eigenvalue weighted by Crippen LogP contribution is -2.75. The van der Waals surface area contributed by atoms with Crippen LogP contribution in [0.4, 0.5) is 0 Å². The molecular weight excluding hydrogens is 198 g/mol. The molecule has 0 aromatic rings. The van der Waals surface area contributed by atoms with Crippen LogP contribution >= 0.6 is 0 Å². The van der Waals surface area contributed by atoms with Crippen molar-refractivity contribution in [3.05, 3.63) is 0 Å². The number of quaternary nitrogens is 1. The number of carbonyl (C=O) groups is 1. The van der Waals surface area contributed by atoms with Crippen molar-refractivity contribution in [1.29, 1.82) is 0 Å². The van der Waals surface area contributed by atoms with E-state index in [4.69, 9.17) is 9.47 Å². The number of hydrogen-bond acceptors (Lipinski definition) is 4. The summed E-state index contributed by atoms with van der Waals surface area (Å²) in [5.74, 6) is -1.46. The lowest BCUT2D eigenvalue weighted by molar-refractivity contribution is -0.493. The minimum atomic E-state index is -1.02. The molecule has 3 N–H and O–H groups in total. The standard InChI is InChI=1S/C10H17NO4/c11-9(7-8(12)13)1-3-10(4-2-9)14-5-6-15-10/h1-7,11H2,(H,12,13). The molecule has 0 aromatic carbocycles. The first-order valence-electron chi connectivity index (χ1n) is 5.37. The van der Waals surface area contributed by atoms with E-state index in [0.29, 0.717) is 13.2 Å². The Hall–Kier alpha value is -0.650. The second-order valence-corrected chi connectivity index (χ2v) is 4.66. The van der Waals surface area contributed by atoms with Gasteiger partial charge >= 0.3 is 0 Å². The van der Waals surface area contributed by atoms with Crippen molar-refractivity contribution in [2.24, 2.45) is 0 Å². The molecule has 1 saturated heterocycles. The van der Waals surface area contributed by atoms with E-state index in [1.165, 1.54) is 0 Å². The quantitative estimate of drug-likeness (QED) is 0.602. The molecule has 2 rings (SSSR count). The van der Waals surface area contributed by atoms with Crippen molar-refractivity contribution in [1.82, 2.24) is 0 Å². The molecule has 0 bridgehead atoms. The minimum absolute atomic E-state index is 0.0308. The summed E-state index contributed by atoms with van der Waals surface area (Å²) in [6.07, 6.45) is 2.96. The summed E-state index contributed by atoms with van der Waals surface area (Å²) in [4.78, 5) is 10.6. The van der Waals surface area contributed by atoms with Gasteiger partial charge in [-0.3, -0.25) is 0 Å². The molecular formula is C10H17NO4. The number of carbonyl (C=O) groups excluding carboxylic acids is 1. The molecule has 2 aliphatic rings. The second-order valence-electron chi connectivity index (χ2n) is 4.66. The maximum Gasteiger partial charge on any atom is 0.168 e. The number of ether oxygens (including phenoxy) is 2. The van der Waals surface area contributed by atoms with Crippen LogP contribution in [-0.4, -0.2) is 30.5 Å². The maximum atomic E-state index is 10.6. The number of carboxylic acid groups (broad SMARTS) is 1. The highest BCUT2D eigenvalue weighted by Gasteiger charge is 2.46. The first-order valence-corrected chi connectivity index (χ1v) is 5.37. The number of rotatable bonds is 2. The molecule has 1 spiro atoms. The van der Waals surface area contributed by atoms with Crippen molar-refractivity contribution in [2.45, 2.75) is 43.4 Å². The maximum absolute atomic E-state index is 10.6. The monoisotopic (exact) mass is 215 g/mol. The summed E-state index contributed by atoms with van der Waals surface area (Å²) in [6, 6.07) is 0. The molecule has 0 unspecified atom stereocenters.